The Balaban J connectivity index is 1.49. The van der Waals surface area contributed by atoms with Crippen LogP contribution in [0.5, 0.6) is 5.75 Å². The van der Waals surface area contributed by atoms with Crippen LogP contribution in [0.4, 0.5) is 13.2 Å². The topological polar surface area (TPSA) is 60.8 Å². The predicted molar refractivity (Wildman–Crippen MR) is 93.8 cm³/mol. The third kappa shape index (κ3) is 5.53. The molecule has 2 aromatic rings. The molecule has 0 atom stereocenters. The van der Waals surface area contributed by atoms with E-state index >= 15 is 0 Å². The van der Waals surface area contributed by atoms with E-state index in [1.54, 1.807) is 31.2 Å². The lowest BCUT2D eigenvalue weighted by molar-refractivity contribution is -0.137. The van der Waals surface area contributed by atoms with E-state index in [1.807, 2.05) is 0 Å². The zero-order valence-corrected chi connectivity index (χ0v) is 15.3. The second kappa shape index (κ2) is 8.08. The normalized spacial score (nSPS) is 14.9. The van der Waals surface area contributed by atoms with Gasteiger partial charge < -0.3 is 9.57 Å². The first-order valence-corrected chi connectivity index (χ1v) is 9.15. The molecular formula is C18H17F3N2O3S. The molecule has 1 aliphatic rings. The number of thiazole rings is 1. The number of carbonyl (C=O) groups excluding carboxylic acids is 1. The molecule has 1 aliphatic carbocycles. The number of hydrogen-bond donors (Lipinski definition) is 0. The molecule has 3 rings (SSSR count). The number of ether oxygens (including phenoxy) is 1. The SMILES string of the molecule is C/C(=N\OCc1csc(C(F)(F)F)n1)c1ccc(OCC(=O)C2CC2)cc1. The predicted octanol–water partition coefficient (Wildman–Crippen LogP) is 4.46. The van der Waals surface area contributed by atoms with Gasteiger partial charge in [0.25, 0.3) is 0 Å². The van der Waals surface area contributed by atoms with Gasteiger partial charge in [-0.1, -0.05) is 5.16 Å². The average Bonchev–Trinajstić information content (AvgIpc) is 3.37. The fraction of sp³-hybridized carbons (Fsp3) is 0.389. The Morgan fingerprint density at radius 3 is 2.59 bits per heavy atom. The van der Waals surface area contributed by atoms with Gasteiger partial charge in [-0.2, -0.15) is 13.2 Å². The van der Waals surface area contributed by atoms with E-state index in [0.717, 1.165) is 18.4 Å². The van der Waals surface area contributed by atoms with Crippen molar-refractivity contribution in [1.82, 2.24) is 4.98 Å². The first-order valence-electron chi connectivity index (χ1n) is 8.27. The monoisotopic (exact) mass is 398 g/mol. The van der Waals surface area contributed by atoms with Gasteiger partial charge in [-0.25, -0.2) is 4.98 Å². The quantitative estimate of drug-likeness (QED) is 0.487. The van der Waals surface area contributed by atoms with Gasteiger partial charge in [-0.05, 0) is 49.6 Å². The first-order chi connectivity index (χ1) is 12.8. The molecule has 1 fully saturated rings. The number of halogens is 3. The molecule has 144 valence electrons. The van der Waals surface area contributed by atoms with Gasteiger partial charge in [0, 0.05) is 11.3 Å². The van der Waals surface area contributed by atoms with Gasteiger partial charge in [0.1, 0.15) is 12.4 Å². The highest BCUT2D eigenvalue weighted by Gasteiger charge is 2.34. The first kappa shape index (κ1) is 19.3. The summed E-state index contributed by atoms with van der Waals surface area (Å²) in [5.74, 6) is 0.880. The Hall–Kier alpha value is -2.42. The van der Waals surface area contributed by atoms with Crippen molar-refractivity contribution in [2.75, 3.05) is 6.61 Å². The maximum atomic E-state index is 12.5. The van der Waals surface area contributed by atoms with Gasteiger partial charge >= 0.3 is 6.18 Å². The van der Waals surface area contributed by atoms with Crippen LogP contribution in [0.15, 0.2) is 34.8 Å². The summed E-state index contributed by atoms with van der Waals surface area (Å²) in [4.78, 5) is 20.2. The Bertz CT molecular complexity index is 827. The molecule has 0 saturated heterocycles. The highest BCUT2D eigenvalue weighted by Crippen LogP contribution is 2.32. The number of Topliss-reactive ketones (excluding diaryl/α,β-unsaturated/α-hetero) is 1. The van der Waals surface area contributed by atoms with E-state index in [9.17, 15) is 18.0 Å². The lowest BCUT2D eigenvalue weighted by Gasteiger charge is -2.06. The molecular weight excluding hydrogens is 381 g/mol. The smallest absolute Gasteiger partial charge is 0.443 e. The standard InChI is InChI=1S/C18H17F3N2O3S/c1-11(23-26-8-14-10-27-17(22-14)18(19,20)21)12-4-6-15(7-5-12)25-9-16(24)13-2-3-13/h4-7,10,13H,2-3,8-9H2,1H3/b23-11+. The summed E-state index contributed by atoms with van der Waals surface area (Å²) < 4.78 is 42.9. The number of alkyl halides is 3. The number of rotatable bonds is 8. The van der Waals surface area contributed by atoms with Crippen LogP contribution in [0, 0.1) is 5.92 Å². The van der Waals surface area contributed by atoms with Crippen LogP contribution in [0.25, 0.3) is 0 Å². The number of ketones is 1. The Morgan fingerprint density at radius 1 is 1.30 bits per heavy atom. The van der Waals surface area contributed by atoms with Crippen molar-refractivity contribution >= 4 is 22.8 Å². The van der Waals surface area contributed by atoms with E-state index < -0.39 is 11.2 Å². The minimum absolute atomic E-state index is 0.0771. The van der Waals surface area contributed by atoms with Gasteiger partial charge in [0.15, 0.2) is 17.4 Å². The minimum Gasteiger partial charge on any atom is -0.486 e. The van der Waals surface area contributed by atoms with Gasteiger partial charge in [-0.15, -0.1) is 11.3 Å². The maximum absolute atomic E-state index is 12.5. The molecule has 0 bridgehead atoms. The van der Waals surface area contributed by atoms with E-state index in [-0.39, 0.29) is 30.6 Å². The number of benzene rings is 1. The van der Waals surface area contributed by atoms with Crippen LogP contribution in [0.2, 0.25) is 0 Å². The lowest BCUT2D eigenvalue weighted by atomic mass is 10.1. The minimum atomic E-state index is -4.45. The lowest BCUT2D eigenvalue weighted by Crippen LogP contribution is -2.12. The number of oxime groups is 1. The molecule has 1 saturated carbocycles. The van der Waals surface area contributed by atoms with Crippen molar-refractivity contribution < 1.29 is 27.5 Å². The van der Waals surface area contributed by atoms with Crippen molar-refractivity contribution in [2.45, 2.75) is 32.5 Å². The molecule has 0 spiro atoms. The van der Waals surface area contributed by atoms with E-state index in [2.05, 4.69) is 10.1 Å². The van der Waals surface area contributed by atoms with E-state index in [1.165, 1.54) is 5.38 Å². The molecule has 0 unspecified atom stereocenters. The van der Waals surface area contributed by atoms with Crippen molar-refractivity contribution in [2.24, 2.45) is 11.1 Å². The van der Waals surface area contributed by atoms with Gasteiger partial charge in [0.2, 0.25) is 0 Å². The zero-order chi connectivity index (χ0) is 19.4. The summed E-state index contributed by atoms with van der Waals surface area (Å²) in [6.07, 6.45) is -2.54. The van der Waals surface area contributed by atoms with Crippen LogP contribution in [0.1, 0.15) is 36.0 Å². The Labute approximate surface area is 157 Å². The number of carbonyl (C=O) groups is 1. The number of nitrogens with zero attached hydrogens (tertiary/aromatic N) is 2. The molecule has 0 aliphatic heterocycles. The summed E-state index contributed by atoms with van der Waals surface area (Å²) in [5, 5.41) is 4.29. The van der Waals surface area contributed by atoms with Crippen LogP contribution >= 0.6 is 11.3 Å². The molecule has 0 radical (unpaired) electrons. The second-order valence-electron chi connectivity index (χ2n) is 6.15. The van der Waals surface area contributed by atoms with Crippen LogP contribution in [-0.2, 0) is 22.4 Å². The average molecular weight is 398 g/mol. The molecule has 1 heterocycles. The molecule has 0 amide bonds. The summed E-state index contributed by atoms with van der Waals surface area (Å²) in [6.45, 7) is 1.65. The summed E-state index contributed by atoms with van der Waals surface area (Å²) >= 11 is 0.523. The second-order valence-corrected chi connectivity index (χ2v) is 7.00. The van der Waals surface area contributed by atoms with Crippen molar-refractivity contribution in [3.8, 4) is 5.75 Å². The third-order valence-corrected chi connectivity index (χ3v) is 4.83. The van der Waals surface area contributed by atoms with E-state index in [4.69, 9.17) is 9.57 Å². The highest BCUT2D eigenvalue weighted by atomic mass is 32.1. The van der Waals surface area contributed by atoms with E-state index in [0.29, 0.717) is 22.8 Å². The molecule has 1 aromatic heterocycles. The molecule has 9 heteroatoms. The molecule has 0 N–H and O–H groups in total. The molecule has 1 aromatic carbocycles. The third-order valence-electron chi connectivity index (χ3n) is 3.89. The fourth-order valence-electron chi connectivity index (χ4n) is 2.22. The summed E-state index contributed by atoms with van der Waals surface area (Å²) in [6, 6.07) is 6.99. The summed E-state index contributed by atoms with van der Waals surface area (Å²) in [7, 11) is 0. The van der Waals surface area contributed by atoms with Gasteiger partial charge in [-0.3, -0.25) is 4.79 Å². The van der Waals surface area contributed by atoms with Crippen molar-refractivity contribution in [3.05, 3.63) is 45.9 Å². The van der Waals surface area contributed by atoms with Crippen LogP contribution in [-0.4, -0.2) is 23.1 Å². The Morgan fingerprint density at radius 2 is 2.00 bits per heavy atom. The fourth-order valence-corrected chi connectivity index (χ4v) is 2.89. The highest BCUT2D eigenvalue weighted by molar-refractivity contribution is 7.09. The zero-order valence-electron chi connectivity index (χ0n) is 14.5. The Kier molecular flexibility index (Phi) is 5.79. The van der Waals surface area contributed by atoms with Crippen molar-refractivity contribution in [1.29, 1.82) is 0 Å². The largest absolute Gasteiger partial charge is 0.486 e. The molecule has 5 nitrogen and oxygen atoms in total. The molecule has 27 heavy (non-hydrogen) atoms. The van der Waals surface area contributed by atoms with Crippen molar-refractivity contribution in [3.63, 3.8) is 0 Å². The number of aromatic nitrogens is 1. The maximum Gasteiger partial charge on any atom is 0.443 e. The van der Waals surface area contributed by atoms with Crippen LogP contribution in [0.3, 0.4) is 0 Å². The van der Waals surface area contributed by atoms with Gasteiger partial charge in [0.05, 0.1) is 11.4 Å². The summed E-state index contributed by atoms with van der Waals surface area (Å²) in [5.41, 5.74) is 1.50. The number of hydrogen-bond acceptors (Lipinski definition) is 6. The van der Waals surface area contributed by atoms with Crippen LogP contribution < -0.4 is 4.74 Å².